The maximum Gasteiger partial charge on any atom is 0.257 e. The minimum absolute atomic E-state index is 0.213. The average Bonchev–Trinajstić information content (AvgIpc) is 3.20. The number of benzene rings is 3. The molecule has 5 heteroatoms. The maximum absolute atomic E-state index is 12.5. The number of rotatable bonds is 4. The summed E-state index contributed by atoms with van der Waals surface area (Å²) in [7, 11) is 0. The van der Waals surface area contributed by atoms with Crippen molar-refractivity contribution < 1.29 is 4.79 Å². The van der Waals surface area contributed by atoms with E-state index in [4.69, 9.17) is 0 Å². The number of carbonyl (C=O) groups is 1. The van der Waals surface area contributed by atoms with E-state index < -0.39 is 0 Å². The van der Waals surface area contributed by atoms with Crippen molar-refractivity contribution in [2.75, 3.05) is 5.32 Å². The number of hydrogen-bond donors (Lipinski definition) is 1. The number of hydrogen-bond acceptors (Lipinski definition) is 4. The van der Waals surface area contributed by atoms with Crippen molar-refractivity contribution in [1.29, 1.82) is 0 Å². The molecule has 140 valence electrons. The molecule has 0 saturated heterocycles. The van der Waals surface area contributed by atoms with Crippen molar-refractivity contribution in [3.63, 3.8) is 0 Å². The van der Waals surface area contributed by atoms with Gasteiger partial charge in [0.1, 0.15) is 5.01 Å². The highest BCUT2D eigenvalue weighted by atomic mass is 32.1. The number of aromatic nitrogens is 2. The van der Waals surface area contributed by atoms with Crippen LogP contribution in [0.2, 0.25) is 0 Å². The molecule has 0 spiro atoms. The van der Waals surface area contributed by atoms with Gasteiger partial charge in [-0.2, -0.15) is 0 Å². The third-order valence-electron chi connectivity index (χ3n) is 4.16. The summed E-state index contributed by atoms with van der Waals surface area (Å²) in [5.74, 6) is 5.99. The molecule has 0 fully saturated rings. The number of nitrogens with zero attached hydrogens (tertiary/aromatic N) is 2. The number of anilines is 1. The van der Waals surface area contributed by atoms with E-state index >= 15 is 0 Å². The Kier molecular flexibility index (Phi) is 5.75. The second kappa shape index (κ2) is 8.96. The molecule has 4 aromatic rings. The van der Waals surface area contributed by atoms with Gasteiger partial charge in [0.25, 0.3) is 5.91 Å². The van der Waals surface area contributed by atoms with Gasteiger partial charge >= 0.3 is 0 Å². The first-order valence-electron chi connectivity index (χ1n) is 9.11. The Bertz CT molecular complexity index is 1160. The molecule has 0 aliphatic rings. The highest BCUT2D eigenvalue weighted by molar-refractivity contribution is 7.15. The molecule has 0 atom stereocenters. The lowest BCUT2D eigenvalue weighted by Crippen LogP contribution is -2.11. The first-order valence-corrected chi connectivity index (χ1v) is 9.93. The second-order valence-corrected chi connectivity index (χ2v) is 7.37. The third kappa shape index (κ3) is 5.16. The van der Waals surface area contributed by atoms with E-state index in [0.717, 1.165) is 21.7 Å². The van der Waals surface area contributed by atoms with Crippen LogP contribution in [0.1, 0.15) is 32.1 Å². The Morgan fingerprint density at radius 2 is 1.41 bits per heavy atom. The van der Waals surface area contributed by atoms with E-state index in [-0.39, 0.29) is 5.91 Å². The number of nitrogens with one attached hydrogen (secondary N) is 1. The molecule has 29 heavy (non-hydrogen) atoms. The zero-order chi connectivity index (χ0) is 19.9. The van der Waals surface area contributed by atoms with E-state index in [1.54, 1.807) is 12.1 Å². The zero-order valence-electron chi connectivity index (χ0n) is 15.5. The predicted octanol–water partition coefficient (Wildman–Crippen LogP) is 4.78. The van der Waals surface area contributed by atoms with Gasteiger partial charge in [-0.25, -0.2) is 0 Å². The second-order valence-electron chi connectivity index (χ2n) is 6.31. The molecule has 0 saturated carbocycles. The van der Waals surface area contributed by atoms with Crippen molar-refractivity contribution in [2.45, 2.75) is 6.42 Å². The highest BCUT2D eigenvalue weighted by Gasteiger charge is 2.10. The summed E-state index contributed by atoms with van der Waals surface area (Å²) >= 11 is 1.38. The van der Waals surface area contributed by atoms with Gasteiger partial charge in [0.05, 0.1) is 0 Å². The topological polar surface area (TPSA) is 54.9 Å². The summed E-state index contributed by atoms with van der Waals surface area (Å²) < 4.78 is 0. The minimum atomic E-state index is -0.213. The standard InChI is InChI=1S/C24H17N3OS/c28-23(25-24-27-26-22(29-24)17-20-9-5-2-6-10-20)21-15-13-19(14-16-21)12-11-18-7-3-1-4-8-18/h1-10,13-16H,17H2,(H,25,27,28). The molecule has 0 unspecified atom stereocenters. The Balaban J connectivity index is 1.38. The fourth-order valence-electron chi connectivity index (χ4n) is 2.69. The van der Waals surface area contributed by atoms with Gasteiger partial charge in [-0.05, 0) is 42.0 Å². The molecule has 1 heterocycles. The van der Waals surface area contributed by atoms with Crippen molar-refractivity contribution in [3.8, 4) is 11.8 Å². The summed E-state index contributed by atoms with van der Waals surface area (Å²) in [6, 6.07) is 27.0. The predicted molar refractivity (Wildman–Crippen MR) is 116 cm³/mol. The Morgan fingerprint density at radius 1 is 0.793 bits per heavy atom. The fraction of sp³-hybridized carbons (Fsp3) is 0.0417. The van der Waals surface area contributed by atoms with Crippen LogP contribution < -0.4 is 5.32 Å². The molecule has 0 bridgehead atoms. The molecule has 4 rings (SSSR count). The van der Waals surface area contributed by atoms with Gasteiger partial charge in [-0.1, -0.05) is 71.7 Å². The third-order valence-corrected chi connectivity index (χ3v) is 5.00. The Labute approximate surface area is 173 Å². The van der Waals surface area contributed by atoms with E-state index in [0.29, 0.717) is 17.1 Å². The molecule has 0 aliphatic heterocycles. The normalized spacial score (nSPS) is 10.1. The van der Waals surface area contributed by atoms with Gasteiger partial charge in [-0.3, -0.25) is 10.1 Å². The quantitative estimate of drug-likeness (QED) is 0.506. The van der Waals surface area contributed by atoms with Crippen LogP contribution in [0.25, 0.3) is 0 Å². The van der Waals surface area contributed by atoms with Crippen LogP contribution >= 0.6 is 11.3 Å². The van der Waals surface area contributed by atoms with Crippen molar-refractivity contribution in [2.24, 2.45) is 0 Å². The molecule has 0 aliphatic carbocycles. The highest BCUT2D eigenvalue weighted by Crippen LogP contribution is 2.19. The fourth-order valence-corrected chi connectivity index (χ4v) is 3.46. The lowest BCUT2D eigenvalue weighted by Gasteiger charge is -2.01. The van der Waals surface area contributed by atoms with Crippen LogP contribution in [-0.4, -0.2) is 16.1 Å². The first kappa shape index (κ1) is 18.6. The zero-order valence-corrected chi connectivity index (χ0v) is 16.3. The maximum atomic E-state index is 12.5. The Morgan fingerprint density at radius 3 is 2.10 bits per heavy atom. The van der Waals surface area contributed by atoms with Crippen LogP contribution in [0, 0.1) is 11.8 Å². The van der Waals surface area contributed by atoms with Crippen molar-refractivity contribution in [3.05, 3.63) is 112 Å². The molecule has 1 N–H and O–H groups in total. The number of carbonyl (C=O) groups excluding carboxylic acids is 1. The molecule has 3 aromatic carbocycles. The number of amides is 1. The van der Waals surface area contributed by atoms with Gasteiger partial charge in [0.15, 0.2) is 0 Å². The van der Waals surface area contributed by atoms with E-state index in [1.165, 1.54) is 11.3 Å². The van der Waals surface area contributed by atoms with E-state index in [1.807, 2.05) is 72.8 Å². The van der Waals surface area contributed by atoms with Gasteiger partial charge < -0.3 is 0 Å². The smallest absolute Gasteiger partial charge is 0.257 e. The Hall–Kier alpha value is -3.75. The lowest BCUT2D eigenvalue weighted by molar-refractivity contribution is 0.102. The molecule has 4 nitrogen and oxygen atoms in total. The van der Waals surface area contributed by atoms with Crippen molar-refractivity contribution in [1.82, 2.24) is 10.2 Å². The van der Waals surface area contributed by atoms with Gasteiger partial charge in [0, 0.05) is 23.1 Å². The average molecular weight is 395 g/mol. The molecule has 1 aromatic heterocycles. The van der Waals surface area contributed by atoms with Crippen LogP contribution in [0.3, 0.4) is 0 Å². The van der Waals surface area contributed by atoms with Gasteiger partial charge in [-0.15, -0.1) is 10.2 Å². The lowest BCUT2D eigenvalue weighted by atomic mass is 10.1. The summed E-state index contributed by atoms with van der Waals surface area (Å²) in [6.07, 6.45) is 0.698. The molecule has 1 amide bonds. The molecular formula is C24H17N3OS. The molecule has 0 radical (unpaired) electrons. The summed E-state index contributed by atoms with van der Waals surface area (Å²) in [6.45, 7) is 0. The summed E-state index contributed by atoms with van der Waals surface area (Å²) in [5, 5.41) is 12.4. The van der Waals surface area contributed by atoms with Crippen molar-refractivity contribution >= 4 is 22.4 Å². The van der Waals surface area contributed by atoms with E-state index in [2.05, 4.69) is 27.4 Å². The SMILES string of the molecule is O=C(Nc1nnc(Cc2ccccc2)s1)c1ccc(C#Cc2ccccc2)cc1. The van der Waals surface area contributed by atoms with Gasteiger partial charge in [0.2, 0.25) is 5.13 Å². The molecular weight excluding hydrogens is 378 g/mol. The van der Waals surface area contributed by atoms with Crippen LogP contribution in [0.4, 0.5) is 5.13 Å². The van der Waals surface area contributed by atoms with E-state index in [9.17, 15) is 4.79 Å². The summed E-state index contributed by atoms with van der Waals surface area (Å²) in [5.41, 5.74) is 3.52. The first-order chi connectivity index (χ1) is 14.3. The van der Waals surface area contributed by atoms with Crippen LogP contribution in [-0.2, 0) is 6.42 Å². The van der Waals surface area contributed by atoms with Crippen LogP contribution in [0.5, 0.6) is 0 Å². The van der Waals surface area contributed by atoms with Crippen LogP contribution in [0.15, 0.2) is 84.9 Å². The summed E-state index contributed by atoms with van der Waals surface area (Å²) in [4.78, 5) is 12.5. The monoisotopic (exact) mass is 395 g/mol. The minimum Gasteiger partial charge on any atom is -0.296 e. The largest absolute Gasteiger partial charge is 0.296 e.